The smallest absolute Gasteiger partial charge is 0.280 e. The number of amides is 1. The standard InChI is InChI=1S/C20H25NO3S/c1-2-3-4-5-6-7-13-25-17-12-11-16-18-14(17)9-8-10-15(18)19(22)21(24)20(16)23/h8-12,19,22,24H,2-7,13H2,1H3. The van der Waals surface area contributed by atoms with Crippen LogP contribution in [0.4, 0.5) is 0 Å². The first-order chi connectivity index (χ1) is 12.1. The van der Waals surface area contributed by atoms with E-state index in [0.29, 0.717) is 16.2 Å². The second-order valence-electron chi connectivity index (χ2n) is 6.52. The Bertz CT molecular complexity index is 762. The zero-order chi connectivity index (χ0) is 17.8. The predicted octanol–water partition coefficient (Wildman–Crippen LogP) is 5.13. The number of hydrogen-bond donors (Lipinski definition) is 2. The fourth-order valence-corrected chi connectivity index (χ4v) is 4.42. The number of benzene rings is 2. The molecule has 0 saturated carbocycles. The Balaban J connectivity index is 1.75. The molecule has 0 aromatic heterocycles. The number of thioether (sulfide) groups is 1. The minimum Gasteiger partial charge on any atom is -0.367 e. The minimum absolute atomic E-state index is 0.403. The topological polar surface area (TPSA) is 60.8 Å². The molecular formula is C20H25NO3S. The van der Waals surface area contributed by atoms with Gasteiger partial charge < -0.3 is 5.11 Å². The van der Waals surface area contributed by atoms with Crippen molar-refractivity contribution in [3.05, 3.63) is 41.5 Å². The van der Waals surface area contributed by atoms with Crippen molar-refractivity contribution in [1.82, 2.24) is 5.06 Å². The van der Waals surface area contributed by atoms with Crippen molar-refractivity contribution in [3.8, 4) is 0 Å². The molecule has 0 saturated heterocycles. The lowest BCUT2D eigenvalue weighted by molar-refractivity contribution is -0.161. The molecular weight excluding hydrogens is 334 g/mol. The van der Waals surface area contributed by atoms with Crippen molar-refractivity contribution < 1.29 is 15.1 Å². The third-order valence-corrected chi connectivity index (χ3v) is 5.90. The molecule has 3 rings (SSSR count). The average Bonchev–Trinajstić information content (AvgIpc) is 2.64. The number of hydrogen-bond acceptors (Lipinski definition) is 4. The summed E-state index contributed by atoms with van der Waals surface area (Å²) in [5, 5.41) is 22.1. The normalized spacial score (nSPS) is 16.7. The molecule has 4 nitrogen and oxygen atoms in total. The molecule has 5 heteroatoms. The number of hydroxylamine groups is 2. The molecule has 1 aliphatic heterocycles. The van der Waals surface area contributed by atoms with E-state index in [1.807, 2.05) is 18.2 Å². The quantitative estimate of drug-likeness (QED) is 0.390. The summed E-state index contributed by atoms with van der Waals surface area (Å²) in [6.07, 6.45) is 6.34. The molecule has 134 valence electrons. The summed E-state index contributed by atoms with van der Waals surface area (Å²) in [5.74, 6) is 0.497. The highest BCUT2D eigenvalue weighted by Gasteiger charge is 2.32. The lowest BCUT2D eigenvalue weighted by Gasteiger charge is -2.29. The van der Waals surface area contributed by atoms with E-state index in [4.69, 9.17) is 0 Å². The van der Waals surface area contributed by atoms with E-state index in [-0.39, 0.29) is 0 Å². The summed E-state index contributed by atoms with van der Waals surface area (Å²) in [5.41, 5.74) is 1.03. The molecule has 1 amide bonds. The Hall–Kier alpha value is -1.56. The summed E-state index contributed by atoms with van der Waals surface area (Å²) >= 11 is 1.80. The minimum atomic E-state index is -1.30. The van der Waals surface area contributed by atoms with Gasteiger partial charge in [0.05, 0.1) is 5.56 Å². The number of rotatable bonds is 8. The molecule has 1 aliphatic rings. The Morgan fingerprint density at radius 2 is 1.84 bits per heavy atom. The first-order valence-electron chi connectivity index (χ1n) is 9.04. The summed E-state index contributed by atoms with van der Waals surface area (Å²) in [6, 6.07) is 9.32. The van der Waals surface area contributed by atoms with Crippen LogP contribution in [-0.4, -0.2) is 27.0 Å². The van der Waals surface area contributed by atoms with E-state index in [1.54, 1.807) is 23.9 Å². The third-order valence-electron chi connectivity index (χ3n) is 4.74. The fourth-order valence-electron chi connectivity index (χ4n) is 3.36. The molecule has 0 fully saturated rings. The third kappa shape index (κ3) is 3.68. The summed E-state index contributed by atoms with van der Waals surface area (Å²) < 4.78 is 0. The van der Waals surface area contributed by atoms with Crippen molar-refractivity contribution in [1.29, 1.82) is 0 Å². The van der Waals surface area contributed by atoms with Crippen LogP contribution in [0, 0.1) is 0 Å². The molecule has 0 radical (unpaired) electrons. The number of aliphatic hydroxyl groups excluding tert-OH is 1. The molecule has 25 heavy (non-hydrogen) atoms. The van der Waals surface area contributed by atoms with Gasteiger partial charge in [0, 0.05) is 15.8 Å². The van der Waals surface area contributed by atoms with Gasteiger partial charge in [-0.15, -0.1) is 11.8 Å². The monoisotopic (exact) mass is 359 g/mol. The highest BCUT2D eigenvalue weighted by molar-refractivity contribution is 7.99. The number of nitrogens with zero attached hydrogens (tertiary/aromatic N) is 1. The Morgan fingerprint density at radius 3 is 2.64 bits per heavy atom. The average molecular weight is 359 g/mol. The van der Waals surface area contributed by atoms with Crippen LogP contribution < -0.4 is 0 Å². The van der Waals surface area contributed by atoms with Gasteiger partial charge in [-0.3, -0.25) is 10.0 Å². The largest absolute Gasteiger partial charge is 0.367 e. The van der Waals surface area contributed by atoms with E-state index >= 15 is 0 Å². The van der Waals surface area contributed by atoms with Gasteiger partial charge in [-0.05, 0) is 29.7 Å². The molecule has 2 aromatic carbocycles. The van der Waals surface area contributed by atoms with Crippen LogP contribution in [0.15, 0.2) is 35.2 Å². The highest BCUT2D eigenvalue weighted by atomic mass is 32.2. The maximum atomic E-state index is 12.2. The molecule has 0 spiro atoms. The zero-order valence-corrected chi connectivity index (χ0v) is 15.4. The van der Waals surface area contributed by atoms with Crippen molar-refractivity contribution in [2.24, 2.45) is 0 Å². The second-order valence-corrected chi connectivity index (χ2v) is 7.66. The Labute approximate surface area is 152 Å². The van der Waals surface area contributed by atoms with Gasteiger partial charge in [-0.2, -0.15) is 5.06 Å². The Kier molecular flexibility index (Phi) is 5.99. The van der Waals surface area contributed by atoms with E-state index < -0.39 is 12.1 Å². The molecule has 0 bridgehead atoms. The molecule has 2 N–H and O–H groups in total. The van der Waals surface area contributed by atoms with E-state index in [2.05, 4.69) is 6.92 Å². The van der Waals surface area contributed by atoms with Crippen molar-refractivity contribution in [2.75, 3.05) is 5.75 Å². The van der Waals surface area contributed by atoms with Crippen LogP contribution in [0.25, 0.3) is 10.8 Å². The highest BCUT2D eigenvalue weighted by Crippen LogP contribution is 2.39. The van der Waals surface area contributed by atoms with Crippen molar-refractivity contribution in [3.63, 3.8) is 0 Å². The van der Waals surface area contributed by atoms with Gasteiger partial charge in [-0.1, -0.05) is 57.2 Å². The van der Waals surface area contributed by atoms with E-state index in [1.165, 1.54) is 38.5 Å². The number of unbranched alkanes of at least 4 members (excludes halogenated alkanes) is 5. The molecule has 0 aliphatic carbocycles. The van der Waals surface area contributed by atoms with Gasteiger partial charge in [0.2, 0.25) is 0 Å². The number of carbonyl (C=O) groups is 1. The predicted molar refractivity (Wildman–Crippen MR) is 101 cm³/mol. The maximum absolute atomic E-state index is 12.2. The second kappa shape index (κ2) is 8.21. The molecule has 1 atom stereocenters. The maximum Gasteiger partial charge on any atom is 0.280 e. The molecule has 1 heterocycles. The summed E-state index contributed by atoms with van der Waals surface area (Å²) in [4.78, 5) is 13.3. The van der Waals surface area contributed by atoms with Gasteiger partial charge >= 0.3 is 0 Å². The molecule has 1 unspecified atom stereocenters. The molecule has 2 aromatic rings. The van der Waals surface area contributed by atoms with Crippen molar-refractivity contribution >= 4 is 28.4 Å². The van der Waals surface area contributed by atoms with E-state index in [0.717, 1.165) is 21.4 Å². The van der Waals surface area contributed by atoms with Gasteiger partial charge in [0.25, 0.3) is 5.91 Å². The number of carbonyl (C=O) groups excluding carboxylic acids is 1. The fraction of sp³-hybridized carbons (Fsp3) is 0.450. The van der Waals surface area contributed by atoms with Crippen LogP contribution in [-0.2, 0) is 0 Å². The van der Waals surface area contributed by atoms with Gasteiger partial charge in [0.1, 0.15) is 0 Å². The first kappa shape index (κ1) is 18.2. The van der Waals surface area contributed by atoms with E-state index in [9.17, 15) is 15.1 Å². The summed E-state index contributed by atoms with van der Waals surface area (Å²) in [7, 11) is 0. The first-order valence-corrected chi connectivity index (χ1v) is 10.0. The lowest BCUT2D eigenvalue weighted by atomic mass is 9.94. The SMILES string of the molecule is CCCCCCCCSc1ccc2c3c(cccc13)C(O)N(O)C2=O. The van der Waals surface area contributed by atoms with Gasteiger partial charge in [0.15, 0.2) is 6.23 Å². The lowest BCUT2D eigenvalue weighted by Crippen LogP contribution is -2.35. The van der Waals surface area contributed by atoms with Crippen LogP contribution in [0.1, 0.15) is 67.6 Å². The van der Waals surface area contributed by atoms with Crippen molar-refractivity contribution in [2.45, 2.75) is 56.6 Å². The van der Waals surface area contributed by atoms with Gasteiger partial charge in [-0.25, -0.2) is 0 Å². The zero-order valence-electron chi connectivity index (χ0n) is 14.6. The van der Waals surface area contributed by atoms with Crippen LogP contribution in [0.5, 0.6) is 0 Å². The Morgan fingerprint density at radius 1 is 1.08 bits per heavy atom. The van der Waals surface area contributed by atoms with Crippen LogP contribution in [0.3, 0.4) is 0 Å². The number of aliphatic hydroxyl groups is 1. The summed E-state index contributed by atoms with van der Waals surface area (Å²) in [6.45, 7) is 2.23. The van der Waals surface area contributed by atoms with Crippen LogP contribution in [0.2, 0.25) is 0 Å². The van der Waals surface area contributed by atoms with Crippen LogP contribution >= 0.6 is 11.8 Å².